The van der Waals surface area contributed by atoms with Crippen LogP contribution in [0, 0.1) is 5.41 Å². The van der Waals surface area contributed by atoms with Crippen LogP contribution in [0.4, 0.5) is 0 Å². The lowest BCUT2D eigenvalue weighted by Crippen LogP contribution is -2.43. The number of nitrogens with one attached hydrogen (secondary N) is 2. The average Bonchev–Trinajstić information content (AvgIpc) is 3.50. The van der Waals surface area contributed by atoms with Crippen molar-refractivity contribution in [1.29, 1.82) is 0 Å². The first kappa shape index (κ1) is 25.3. The molecule has 0 amide bonds. The zero-order valence-corrected chi connectivity index (χ0v) is 19.9. The van der Waals surface area contributed by atoms with Gasteiger partial charge in [0, 0.05) is 12.0 Å². The molecule has 0 bridgehead atoms. The number of rotatable bonds is 16. The topological polar surface area (TPSA) is 78.4 Å². The predicted octanol–water partition coefficient (Wildman–Crippen LogP) is 3.80. The van der Waals surface area contributed by atoms with Crippen molar-refractivity contribution in [2.75, 3.05) is 18.8 Å². The Morgan fingerprint density at radius 2 is 1.73 bits per heavy atom. The van der Waals surface area contributed by atoms with Gasteiger partial charge in [0.15, 0.2) is 9.84 Å². The van der Waals surface area contributed by atoms with Crippen LogP contribution < -0.4 is 10.6 Å². The minimum Gasteiger partial charge on any atom is -0.378 e. The van der Waals surface area contributed by atoms with Crippen LogP contribution in [0.25, 0.3) is 0 Å². The van der Waals surface area contributed by atoms with Gasteiger partial charge < -0.3 is 10.4 Å². The summed E-state index contributed by atoms with van der Waals surface area (Å²) in [7, 11) is -3.17. The van der Waals surface area contributed by atoms with Crippen LogP contribution in [-0.2, 0) is 22.8 Å². The maximum absolute atomic E-state index is 12.9. The van der Waals surface area contributed by atoms with Gasteiger partial charge in [0.2, 0.25) is 0 Å². The van der Waals surface area contributed by atoms with Crippen LogP contribution in [0.2, 0.25) is 0 Å². The Morgan fingerprint density at radius 3 is 2.33 bits per heavy atom. The molecule has 1 aromatic rings. The zero-order chi connectivity index (χ0) is 22.0. The molecule has 1 fully saturated rings. The van der Waals surface area contributed by atoms with Gasteiger partial charge in [0.1, 0.15) is 6.23 Å². The second-order valence-electron chi connectivity index (χ2n) is 8.93. The minimum absolute atomic E-state index is 0.116. The number of sulfone groups is 1. The van der Waals surface area contributed by atoms with Crippen molar-refractivity contribution in [2.24, 2.45) is 5.41 Å². The van der Waals surface area contributed by atoms with Gasteiger partial charge in [-0.2, -0.15) is 0 Å². The van der Waals surface area contributed by atoms with Crippen molar-refractivity contribution in [3.63, 3.8) is 0 Å². The van der Waals surface area contributed by atoms with E-state index in [4.69, 9.17) is 0 Å². The molecule has 0 aromatic heterocycles. The molecule has 1 unspecified atom stereocenters. The summed E-state index contributed by atoms with van der Waals surface area (Å²) in [6, 6.07) is 8.62. The van der Waals surface area contributed by atoms with Crippen LogP contribution >= 0.6 is 0 Å². The largest absolute Gasteiger partial charge is 0.378 e. The van der Waals surface area contributed by atoms with E-state index < -0.39 is 21.5 Å². The summed E-state index contributed by atoms with van der Waals surface area (Å²) >= 11 is 0. The molecule has 3 N–H and O–H groups in total. The first-order chi connectivity index (χ1) is 14.4. The van der Waals surface area contributed by atoms with Crippen LogP contribution in [0.3, 0.4) is 0 Å². The van der Waals surface area contributed by atoms with Gasteiger partial charge in [-0.1, -0.05) is 57.9 Å². The molecular formula is C24H42N2O3S. The van der Waals surface area contributed by atoms with Gasteiger partial charge >= 0.3 is 0 Å². The molecule has 0 heterocycles. The number of hydrogen-bond donors (Lipinski definition) is 3. The van der Waals surface area contributed by atoms with E-state index in [9.17, 15) is 13.5 Å². The lowest BCUT2D eigenvalue weighted by Gasteiger charge is -2.26. The van der Waals surface area contributed by atoms with E-state index in [1.165, 1.54) is 11.1 Å². The van der Waals surface area contributed by atoms with Crippen LogP contribution in [0.1, 0.15) is 76.8 Å². The highest BCUT2D eigenvalue weighted by Gasteiger charge is 2.52. The molecule has 2 rings (SSSR count). The standard InChI is InChI=1S/C24H42N2O3S/c1-4-9-22(10-5-2)30(28,29)19-24(13-14-24)23(27)26-16-8-15-25-18-21-12-7-11-20(6-3)17-21/h7,11-12,17,22-23,25-27H,4-6,8-10,13-16,18-19H2,1-3H3. The normalized spacial score (nSPS) is 16.7. The first-order valence-corrected chi connectivity index (χ1v) is 13.5. The highest BCUT2D eigenvalue weighted by molar-refractivity contribution is 7.92. The number of hydrogen-bond acceptors (Lipinski definition) is 5. The zero-order valence-electron chi connectivity index (χ0n) is 19.1. The van der Waals surface area contributed by atoms with Gasteiger partial charge in [-0.15, -0.1) is 0 Å². The number of aliphatic hydroxyl groups is 1. The number of aryl methyl sites for hydroxylation is 1. The van der Waals surface area contributed by atoms with Crippen LogP contribution in [0.15, 0.2) is 24.3 Å². The Labute approximate surface area is 184 Å². The van der Waals surface area contributed by atoms with Gasteiger partial charge in [0.05, 0.1) is 11.0 Å². The molecule has 1 saturated carbocycles. The smallest absolute Gasteiger partial charge is 0.153 e. The molecule has 0 saturated heterocycles. The lowest BCUT2D eigenvalue weighted by atomic mass is 10.1. The molecule has 1 aromatic carbocycles. The maximum atomic E-state index is 12.9. The van der Waals surface area contributed by atoms with Gasteiger partial charge in [-0.05, 0) is 62.7 Å². The predicted molar refractivity (Wildman–Crippen MR) is 125 cm³/mol. The van der Waals surface area contributed by atoms with Crippen LogP contribution in [-0.4, -0.2) is 43.8 Å². The number of aliphatic hydroxyl groups excluding tert-OH is 1. The summed E-state index contributed by atoms with van der Waals surface area (Å²) < 4.78 is 25.8. The van der Waals surface area contributed by atoms with E-state index in [2.05, 4.69) is 41.8 Å². The summed E-state index contributed by atoms with van der Waals surface area (Å²) in [4.78, 5) is 0. The molecule has 1 atom stereocenters. The molecule has 5 nitrogen and oxygen atoms in total. The van der Waals surface area contributed by atoms with Gasteiger partial charge in [0.25, 0.3) is 0 Å². The summed E-state index contributed by atoms with van der Waals surface area (Å²) in [6.45, 7) is 8.62. The van der Waals surface area contributed by atoms with Crippen molar-refractivity contribution in [1.82, 2.24) is 10.6 Å². The molecule has 0 radical (unpaired) electrons. The second-order valence-corrected chi connectivity index (χ2v) is 11.2. The molecule has 1 aliphatic rings. The summed E-state index contributed by atoms with van der Waals surface area (Å²) in [5.41, 5.74) is 2.16. The fourth-order valence-corrected chi connectivity index (χ4v) is 6.86. The average molecular weight is 439 g/mol. The Hall–Kier alpha value is -0.950. The van der Waals surface area contributed by atoms with Crippen molar-refractivity contribution >= 4 is 9.84 Å². The third kappa shape index (κ3) is 7.63. The van der Waals surface area contributed by atoms with Crippen LogP contribution in [0.5, 0.6) is 0 Å². The van der Waals surface area contributed by atoms with Crippen molar-refractivity contribution < 1.29 is 13.5 Å². The summed E-state index contributed by atoms with van der Waals surface area (Å²) in [5, 5.41) is 17.0. The Balaban J connectivity index is 1.71. The molecular weight excluding hydrogens is 396 g/mol. The maximum Gasteiger partial charge on any atom is 0.153 e. The molecule has 172 valence electrons. The van der Waals surface area contributed by atoms with E-state index in [1.54, 1.807) is 0 Å². The third-order valence-corrected chi connectivity index (χ3v) is 8.75. The SMILES string of the molecule is CCCC(CCC)S(=O)(=O)CC1(C(O)NCCCNCc2cccc(CC)c2)CC1. The minimum atomic E-state index is -3.17. The summed E-state index contributed by atoms with van der Waals surface area (Å²) in [5.74, 6) is 0.116. The Bertz CT molecular complexity index is 726. The molecule has 0 aliphatic heterocycles. The monoisotopic (exact) mass is 438 g/mol. The van der Waals surface area contributed by atoms with Crippen molar-refractivity contribution in [3.05, 3.63) is 35.4 Å². The van der Waals surface area contributed by atoms with Crippen molar-refractivity contribution in [3.8, 4) is 0 Å². The molecule has 30 heavy (non-hydrogen) atoms. The Kier molecular flexibility index (Phi) is 10.3. The molecule has 6 heteroatoms. The van der Waals surface area contributed by atoms with E-state index in [0.717, 1.165) is 64.5 Å². The van der Waals surface area contributed by atoms with E-state index in [1.807, 2.05) is 13.8 Å². The number of benzene rings is 1. The first-order valence-electron chi connectivity index (χ1n) is 11.8. The molecule has 1 aliphatic carbocycles. The van der Waals surface area contributed by atoms with E-state index in [0.29, 0.717) is 6.54 Å². The fourth-order valence-electron chi connectivity index (χ4n) is 4.18. The van der Waals surface area contributed by atoms with E-state index >= 15 is 0 Å². The highest BCUT2D eigenvalue weighted by atomic mass is 32.2. The third-order valence-electron chi connectivity index (χ3n) is 6.29. The molecule has 0 spiro atoms. The Morgan fingerprint density at radius 1 is 1.07 bits per heavy atom. The quantitative estimate of drug-likeness (QED) is 0.270. The van der Waals surface area contributed by atoms with Gasteiger partial charge in [-0.3, -0.25) is 5.32 Å². The second kappa shape index (κ2) is 12.2. The van der Waals surface area contributed by atoms with Gasteiger partial charge in [-0.25, -0.2) is 8.42 Å². The van der Waals surface area contributed by atoms with Crippen molar-refractivity contribution in [2.45, 2.75) is 90.2 Å². The van der Waals surface area contributed by atoms with E-state index in [-0.39, 0.29) is 11.0 Å². The lowest BCUT2D eigenvalue weighted by molar-refractivity contribution is 0.0709. The summed E-state index contributed by atoms with van der Waals surface area (Å²) in [6.07, 6.45) is 5.99. The highest BCUT2D eigenvalue weighted by Crippen LogP contribution is 2.49. The fraction of sp³-hybridized carbons (Fsp3) is 0.750.